The molecule has 0 bridgehead atoms. The minimum Gasteiger partial charge on any atom is -0.347 e. The standard InChI is InChI=1S/C13H16BrN3S/c1-9(15)12-7-16-13(18-12)17(2)8-10-4-3-5-11(14)6-10/h3-7,9H,8,15H2,1-2H3. The van der Waals surface area contributed by atoms with Crippen LogP contribution in [0.2, 0.25) is 0 Å². The van der Waals surface area contributed by atoms with Crippen LogP contribution in [0, 0.1) is 0 Å². The highest BCUT2D eigenvalue weighted by molar-refractivity contribution is 9.10. The molecule has 0 aliphatic heterocycles. The molecule has 3 nitrogen and oxygen atoms in total. The summed E-state index contributed by atoms with van der Waals surface area (Å²) in [6, 6.07) is 8.36. The van der Waals surface area contributed by atoms with Crippen LogP contribution in [0.4, 0.5) is 5.13 Å². The molecule has 0 saturated carbocycles. The number of hydrogen-bond acceptors (Lipinski definition) is 4. The smallest absolute Gasteiger partial charge is 0.185 e. The largest absolute Gasteiger partial charge is 0.347 e. The van der Waals surface area contributed by atoms with E-state index in [0.717, 1.165) is 21.0 Å². The second-order valence-electron chi connectivity index (χ2n) is 4.32. The van der Waals surface area contributed by atoms with Gasteiger partial charge in [0.1, 0.15) is 0 Å². The van der Waals surface area contributed by atoms with Crippen LogP contribution in [-0.2, 0) is 6.54 Å². The van der Waals surface area contributed by atoms with Crippen molar-refractivity contribution in [1.82, 2.24) is 4.98 Å². The maximum absolute atomic E-state index is 5.85. The third-order valence-corrected chi connectivity index (χ3v) is 4.40. The first-order valence-electron chi connectivity index (χ1n) is 5.73. The number of aromatic nitrogens is 1. The van der Waals surface area contributed by atoms with E-state index in [9.17, 15) is 0 Å². The summed E-state index contributed by atoms with van der Waals surface area (Å²) in [5.41, 5.74) is 7.10. The quantitative estimate of drug-likeness (QED) is 0.934. The normalized spacial score (nSPS) is 12.4. The molecule has 96 valence electrons. The second-order valence-corrected chi connectivity index (χ2v) is 6.28. The number of nitrogens with zero attached hydrogens (tertiary/aromatic N) is 2. The zero-order valence-corrected chi connectivity index (χ0v) is 12.8. The molecule has 0 saturated heterocycles. The maximum atomic E-state index is 5.85. The topological polar surface area (TPSA) is 42.1 Å². The van der Waals surface area contributed by atoms with E-state index in [1.54, 1.807) is 11.3 Å². The van der Waals surface area contributed by atoms with Crippen LogP contribution in [0.25, 0.3) is 0 Å². The van der Waals surface area contributed by atoms with Gasteiger partial charge in [-0.05, 0) is 24.6 Å². The lowest BCUT2D eigenvalue weighted by Crippen LogP contribution is -2.15. The van der Waals surface area contributed by atoms with Crippen LogP contribution in [0.15, 0.2) is 34.9 Å². The molecule has 1 aromatic carbocycles. The highest BCUT2D eigenvalue weighted by atomic mass is 79.9. The van der Waals surface area contributed by atoms with Gasteiger partial charge in [0.05, 0.1) is 0 Å². The summed E-state index contributed by atoms with van der Waals surface area (Å²) in [4.78, 5) is 7.66. The minimum absolute atomic E-state index is 0.0514. The van der Waals surface area contributed by atoms with Crippen molar-refractivity contribution in [1.29, 1.82) is 0 Å². The molecule has 0 amide bonds. The summed E-state index contributed by atoms with van der Waals surface area (Å²) in [6.45, 7) is 2.82. The van der Waals surface area contributed by atoms with Gasteiger partial charge in [0.2, 0.25) is 0 Å². The molecule has 1 atom stereocenters. The van der Waals surface area contributed by atoms with Gasteiger partial charge in [-0.1, -0.05) is 28.1 Å². The molecule has 2 N–H and O–H groups in total. The van der Waals surface area contributed by atoms with Gasteiger partial charge < -0.3 is 10.6 Å². The fourth-order valence-electron chi connectivity index (χ4n) is 1.64. The fraction of sp³-hybridized carbons (Fsp3) is 0.308. The van der Waals surface area contributed by atoms with Crippen molar-refractivity contribution in [3.05, 3.63) is 45.4 Å². The molecule has 2 aromatic rings. The summed E-state index contributed by atoms with van der Waals surface area (Å²) in [5.74, 6) is 0. The Labute approximate surface area is 120 Å². The molecule has 0 spiro atoms. The summed E-state index contributed by atoms with van der Waals surface area (Å²) in [7, 11) is 2.05. The Morgan fingerprint density at radius 1 is 1.50 bits per heavy atom. The molecule has 1 heterocycles. The molecular formula is C13H16BrN3S. The van der Waals surface area contributed by atoms with Crippen molar-refractivity contribution in [3.63, 3.8) is 0 Å². The number of anilines is 1. The molecule has 1 aromatic heterocycles. The van der Waals surface area contributed by atoms with Crippen LogP contribution >= 0.6 is 27.3 Å². The van der Waals surface area contributed by atoms with Crippen molar-refractivity contribution in [3.8, 4) is 0 Å². The van der Waals surface area contributed by atoms with Gasteiger partial charge in [-0.15, -0.1) is 11.3 Å². The molecule has 2 rings (SSSR count). The lowest BCUT2D eigenvalue weighted by Gasteiger charge is -2.15. The highest BCUT2D eigenvalue weighted by Crippen LogP contribution is 2.26. The van der Waals surface area contributed by atoms with Crippen molar-refractivity contribution in [2.45, 2.75) is 19.5 Å². The Hall–Kier alpha value is -0.910. The Bertz CT molecular complexity index is 524. The Morgan fingerprint density at radius 2 is 2.28 bits per heavy atom. The van der Waals surface area contributed by atoms with Crippen LogP contribution < -0.4 is 10.6 Å². The molecule has 0 radical (unpaired) electrons. The number of thiazole rings is 1. The summed E-state index contributed by atoms with van der Waals surface area (Å²) in [6.07, 6.45) is 1.86. The van der Waals surface area contributed by atoms with Gasteiger partial charge >= 0.3 is 0 Å². The van der Waals surface area contributed by atoms with E-state index in [2.05, 4.69) is 37.9 Å². The lowest BCUT2D eigenvalue weighted by atomic mass is 10.2. The zero-order chi connectivity index (χ0) is 13.1. The number of benzene rings is 1. The van der Waals surface area contributed by atoms with Gasteiger partial charge in [-0.25, -0.2) is 4.98 Å². The van der Waals surface area contributed by atoms with Crippen molar-refractivity contribution < 1.29 is 0 Å². The van der Waals surface area contributed by atoms with E-state index in [1.807, 2.05) is 32.3 Å². The van der Waals surface area contributed by atoms with Crippen LogP contribution in [0.3, 0.4) is 0 Å². The molecular weight excluding hydrogens is 310 g/mol. The monoisotopic (exact) mass is 325 g/mol. The number of rotatable bonds is 4. The van der Waals surface area contributed by atoms with Gasteiger partial charge in [0, 0.05) is 35.2 Å². The summed E-state index contributed by atoms with van der Waals surface area (Å²) >= 11 is 5.13. The molecule has 18 heavy (non-hydrogen) atoms. The first kappa shape index (κ1) is 13.5. The summed E-state index contributed by atoms with van der Waals surface area (Å²) in [5, 5.41) is 1.00. The van der Waals surface area contributed by atoms with Gasteiger partial charge in [-0.2, -0.15) is 0 Å². The number of hydrogen-bond donors (Lipinski definition) is 1. The van der Waals surface area contributed by atoms with Gasteiger partial charge in [0.15, 0.2) is 5.13 Å². The van der Waals surface area contributed by atoms with E-state index in [0.29, 0.717) is 0 Å². The molecule has 0 aliphatic carbocycles. The number of nitrogens with two attached hydrogens (primary N) is 1. The van der Waals surface area contributed by atoms with Crippen LogP contribution in [0.5, 0.6) is 0 Å². The van der Waals surface area contributed by atoms with E-state index in [-0.39, 0.29) is 6.04 Å². The van der Waals surface area contributed by atoms with Crippen molar-refractivity contribution in [2.75, 3.05) is 11.9 Å². The molecule has 5 heteroatoms. The Morgan fingerprint density at radius 3 is 2.89 bits per heavy atom. The average molecular weight is 326 g/mol. The Kier molecular flexibility index (Phi) is 4.37. The number of halogens is 1. The molecule has 0 fully saturated rings. The predicted octanol–water partition coefficient (Wildman–Crippen LogP) is 3.56. The first-order valence-corrected chi connectivity index (χ1v) is 7.34. The third-order valence-electron chi connectivity index (χ3n) is 2.60. The van der Waals surface area contributed by atoms with Crippen LogP contribution in [-0.4, -0.2) is 12.0 Å². The highest BCUT2D eigenvalue weighted by Gasteiger charge is 2.10. The van der Waals surface area contributed by atoms with Crippen molar-refractivity contribution >= 4 is 32.4 Å². The lowest BCUT2D eigenvalue weighted by molar-refractivity contribution is 0.835. The first-order chi connectivity index (χ1) is 8.56. The van der Waals surface area contributed by atoms with Gasteiger partial charge in [-0.3, -0.25) is 0 Å². The van der Waals surface area contributed by atoms with E-state index < -0.39 is 0 Å². The second kappa shape index (κ2) is 5.82. The van der Waals surface area contributed by atoms with E-state index in [1.165, 1.54) is 5.56 Å². The molecule has 1 unspecified atom stereocenters. The maximum Gasteiger partial charge on any atom is 0.185 e. The summed E-state index contributed by atoms with van der Waals surface area (Å²) < 4.78 is 1.10. The minimum atomic E-state index is 0.0514. The van der Waals surface area contributed by atoms with Crippen LogP contribution in [0.1, 0.15) is 23.4 Å². The average Bonchev–Trinajstić information content (AvgIpc) is 2.78. The van der Waals surface area contributed by atoms with E-state index in [4.69, 9.17) is 5.73 Å². The Balaban J connectivity index is 2.09. The SMILES string of the molecule is CC(N)c1cnc(N(C)Cc2cccc(Br)c2)s1. The van der Waals surface area contributed by atoms with Gasteiger partial charge in [0.25, 0.3) is 0 Å². The predicted molar refractivity (Wildman–Crippen MR) is 81.0 cm³/mol. The third kappa shape index (κ3) is 3.31. The van der Waals surface area contributed by atoms with E-state index >= 15 is 0 Å². The van der Waals surface area contributed by atoms with Crippen molar-refractivity contribution in [2.24, 2.45) is 5.73 Å². The molecule has 0 aliphatic rings. The zero-order valence-electron chi connectivity index (χ0n) is 10.4. The fourth-order valence-corrected chi connectivity index (χ4v) is 2.92.